The normalized spacial score (nSPS) is 10.6. The van der Waals surface area contributed by atoms with E-state index in [1.54, 1.807) is 4.68 Å². The van der Waals surface area contributed by atoms with Crippen LogP contribution in [0.3, 0.4) is 0 Å². The summed E-state index contributed by atoms with van der Waals surface area (Å²) in [5, 5.41) is 20.2. The minimum Gasteiger partial charge on any atom is -0.394 e. The number of aliphatic hydroxyl groups excluding tert-OH is 1. The van der Waals surface area contributed by atoms with E-state index in [1.165, 1.54) is 0 Å². The van der Waals surface area contributed by atoms with Crippen molar-refractivity contribution in [2.24, 2.45) is 0 Å². The summed E-state index contributed by atoms with van der Waals surface area (Å²) in [7, 11) is 4.01. The second-order valence-corrected chi connectivity index (χ2v) is 5.52. The van der Waals surface area contributed by atoms with Crippen LogP contribution in [0, 0.1) is 0 Å². The number of nitrogens with one attached hydrogen (secondary N) is 1. The van der Waals surface area contributed by atoms with Crippen LogP contribution in [-0.4, -0.2) is 40.8 Å². The van der Waals surface area contributed by atoms with Crippen LogP contribution in [0.5, 0.6) is 0 Å². The van der Waals surface area contributed by atoms with Crippen molar-refractivity contribution < 1.29 is 5.11 Å². The first-order valence-electron chi connectivity index (χ1n) is 6.31. The van der Waals surface area contributed by atoms with Crippen molar-refractivity contribution in [3.05, 3.63) is 34.6 Å². The second kappa shape index (κ2) is 6.71. The molecule has 0 unspecified atom stereocenters. The molecule has 6 nitrogen and oxygen atoms in total. The molecule has 1 aromatic heterocycles. The maximum atomic E-state index is 8.85. The molecule has 0 radical (unpaired) electrons. The molecule has 20 heavy (non-hydrogen) atoms. The third-order valence-corrected chi connectivity index (χ3v) is 3.31. The lowest BCUT2D eigenvalue weighted by atomic mass is 10.2. The molecular formula is C13H18BrN5O. The smallest absolute Gasteiger partial charge is 0.102 e. The van der Waals surface area contributed by atoms with Crippen molar-refractivity contribution in [2.45, 2.75) is 13.1 Å². The van der Waals surface area contributed by atoms with Crippen molar-refractivity contribution in [1.82, 2.24) is 15.0 Å². The Hall–Kier alpha value is -1.60. The zero-order valence-electron chi connectivity index (χ0n) is 11.5. The Kier molecular flexibility index (Phi) is 4.97. The summed E-state index contributed by atoms with van der Waals surface area (Å²) in [6.07, 6.45) is 1.83. The molecule has 0 spiro atoms. The lowest BCUT2D eigenvalue weighted by Gasteiger charge is -2.18. The van der Waals surface area contributed by atoms with Crippen molar-refractivity contribution in [3.63, 3.8) is 0 Å². The van der Waals surface area contributed by atoms with Gasteiger partial charge in [0.05, 0.1) is 37.3 Å². The second-order valence-electron chi connectivity index (χ2n) is 4.61. The lowest BCUT2D eigenvalue weighted by molar-refractivity contribution is 0.268. The molecule has 0 amide bonds. The molecule has 0 atom stereocenters. The molecule has 0 saturated heterocycles. The summed E-state index contributed by atoms with van der Waals surface area (Å²) in [6.45, 7) is 1.11. The number of benzene rings is 1. The highest BCUT2D eigenvalue weighted by Crippen LogP contribution is 2.28. The molecule has 108 valence electrons. The number of anilines is 2. The number of rotatable bonds is 6. The lowest BCUT2D eigenvalue weighted by Crippen LogP contribution is -2.12. The first-order valence-corrected chi connectivity index (χ1v) is 7.10. The van der Waals surface area contributed by atoms with Gasteiger partial charge in [0.1, 0.15) is 5.69 Å². The highest BCUT2D eigenvalue weighted by atomic mass is 79.9. The molecule has 0 aliphatic rings. The summed E-state index contributed by atoms with van der Waals surface area (Å²) in [5.74, 6) is 0. The minimum atomic E-state index is 0.0621. The van der Waals surface area contributed by atoms with Gasteiger partial charge in [-0.2, -0.15) is 0 Å². The van der Waals surface area contributed by atoms with Crippen LogP contribution >= 0.6 is 15.9 Å². The number of halogens is 1. The van der Waals surface area contributed by atoms with Gasteiger partial charge in [-0.1, -0.05) is 21.1 Å². The van der Waals surface area contributed by atoms with Gasteiger partial charge in [0.15, 0.2) is 0 Å². The maximum absolute atomic E-state index is 8.85. The van der Waals surface area contributed by atoms with Gasteiger partial charge in [-0.15, -0.1) is 5.10 Å². The summed E-state index contributed by atoms with van der Waals surface area (Å²) in [6, 6.07) is 6.10. The number of aliphatic hydroxyl groups is 1. The molecule has 7 heteroatoms. The number of nitrogens with zero attached hydrogens (tertiary/aromatic N) is 4. The van der Waals surface area contributed by atoms with Crippen molar-refractivity contribution in [3.8, 4) is 0 Å². The highest BCUT2D eigenvalue weighted by molar-refractivity contribution is 9.10. The van der Waals surface area contributed by atoms with Crippen LogP contribution in [-0.2, 0) is 13.1 Å². The molecule has 0 fully saturated rings. The van der Waals surface area contributed by atoms with Crippen molar-refractivity contribution >= 4 is 27.3 Å². The standard InChI is InChI=1S/C13H18BrN5O/c1-18(2)13-4-3-10(14)7-12(13)15-8-11-9-19(5-6-20)17-16-11/h3-4,7,9,15,20H,5-6,8H2,1-2H3. The highest BCUT2D eigenvalue weighted by Gasteiger charge is 2.06. The van der Waals surface area contributed by atoms with Crippen molar-refractivity contribution in [2.75, 3.05) is 30.9 Å². The van der Waals surface area contributed by atoms with Crippen LogP contribution in [0.4, 0.5) is 11.4 Å². The quantitative estimate of drug-likeness (QED) is 0.838. The number of aromatic nitrogens is 3. The fraction of sp³-hybridized carbons (Fsp3) is 0.385. The van der Waals surface area contributed by atoms with E-state index in [2.05, 4.69) is 42.5 Å². The topological polar surface area (TPSA) is 66.2 Å². The summed E-state index contributed by atoms with van der Waals surface area (Å²) in [5.41, 5.74) is 2.97. The predicted molar refractivity (Wildman–Crippen MR) is 82.9 cm³/mol. The van der Waals surface area contributed by atoms with Crippen LogP contribution in [0.1, 0.15) is 5.69 Å². The summed E-state index contributed by atoms with van der Waals surface area (Å²) < 4.78 is 2.65. The van der Waals surface area contributed by atoms with Gasteiger partial charge in [-0.25, -0.2) is 4.68 Å². The Morgan fingerprint density at radius 3 is 2.90 bits per heavy atom. The molecule has 2 rings (SSSR count). The summed E-state index contributed by atoms with van der Waals surface area (Å²) in [4.78, 5) is 2.05. The Balaban J connectivity index is 2.07. The number of hydrogen-bond donors (Lipinski definition) is 2. The van der Waals surface area contributed by atoms with Crippen molar-refractivity contribution in [1.29, 1.82) is 0 Å². The largest absolute Gasteiger partial charge is 0.394 e. The fourth-order valence-corrected chi connectivity index (χ4v) is 2.22. The molecule has 0 aliphatic heterocycles. The third-order valence-electron chi connectivity index (χ3n) is 2.82. The Labute approximate surface area is 126 Å². The van der Waals surface area contributed by atoms with Gasteiger partial charge in [0.25, 0.3) is 0 Å². The van der Waals surface area contributed by atoms with E-state index in [0.29, 0.717) is 13.1 Å². The molecule has 2 N–H and O–H groups in total. The van der Waals surface area contributed by atoms with E-state index >= 15 is 0 Å². The Bertz CT molecular complexity index is 570. The van der Waals surface area contributed by atoms with Crippen LogP contribution in [0.25, 0.3) is 0 Å². The van der Waals surface area contributed by atoms with Gasteiger partial charge in [-0.05, 0) is 18.2 Å². The van der Waals surface area contributed by atoms with E-state index < -0.39 is 0 Å². The SMILES string of the molecule is CN(C)c1ccc(Br)cc1NCc1cn(CCO)nn1. The zero-order chi connectivity index (χ0) is 14.5. The van der Waals surface area contributed by atoms with E-state index in [1.807, 2.05) is 32.4 Å². The van der Waals surface area contributed by atoms with Crippen LogP contribution in [0.2, 0.25) is 0 Å². The van der Waals surface area contributed by atoms with E-state index in [9.17, 15) is 0 Å². The molecule has 1 aromatic carbocycles. The van der Waals surface area contributed by atoms with E-state index in [-0.39, 0.29) is 6.61 Å². The predicted octanol–water partition coefficient (Wildman–Crippen LogP) is 1.71. The van der Waals surface area contributed by atoms with Crippen LogP contribution in [0.15, 0.2) is 28.9 Å². The van der Waals surface area contributed by atoms with Gasteiger partial charge < -0.3 is 15.3 Å². The van der Waals surface area contributed by atoms with Gasteiger partial charge in [-0.3, -0.25) is 0 Å². The summed E-state index contributed by atoms with van der Waals surface area (Å²) >= 11 is 3.48. The Morgan fingerprint density at radius 1 is 1.40 bits per heavy atom. The Morgan fingerprint density at radius 2 is 2.20 bits per heavy atom. The first kappa shape index (κ1) is 14.8. The average Bonchev–Trinajstić information content (AvgIpc) is 2.84. The average molecular weight is 340 g/mol. The van der Waals surface area contributed by atoms with Gasteiger partial charge >= 0.3 is 0 Å². The minimum absolute atomic E-state index is 0.0621. The molecule has 0 aliphatic carbocycles. The molecule has 1 heterocycles. The fourth-order valence-electron chi connectivity index (χ4n) is 1.86. The van der Waals surface area contributed by atoms with Gasteiger partial charge in [0, 0.05) is 18.6 Å². The van der Waals surface area contributed by atoms with E-state index in [0.717, 1.165) is 21.5 Å². The zero-order valence-corrected chi connectivity index (χ0v) is 13.1. The maximum Gasteiger partial charge on any atom is 0.102 e. The van der Waals surface area contributed by atoms with E-state index in [4.69, 9.17) is 5.11 Å². The molecule has 2 aromatic rings. The molecular weight excluding hydrogens is 322 g/mol. The third kappa shape index (κ3) is 3.71. The van der Waals surface area contributed by atoms with Crippen LogP contribution < -0.4 is 10.2 Å². The first-order chi connectivity index (χ1) is 9.60. The molecule has 0 bridgehead atoms. The number of hydrogen-bond acceptors (Lipinski definition) is 5. The van der Waals surface area contributed by atoms with Gasteiger partial charge in [0.2, 0.25) is 0 Å². The monoisotopic (exact) mass is 339 g/mol. The molecule has 0 saturated carbocycles.